The van der Waals surface area contributed by atoms with E-state index in [9.17, 15) is 14.9 Å². The number of aryl methyl sites for hydroxylation is 1. The lowest BCUT2D eigenvalue weighted by Crippen LogP contribution is -2.62. The molecule has 0 atom stereocenters. The molecule has 0 bridgehead atoms. The summed E-state index contributed by atoms with van der Waals surface area (Å²) >= 11 is 0. The van der Waals surface area contributed by atoms with Crippen LogP contribution in [0.2, 0.25) is 0 Å². The summed E-state index contributed by atoms with van der Waals surface area (Å²) < 4.78 is 0. The lowest BCUT2D eigenvalue weighted by molar-refractivity contribution is -0.384. The Morgan fingerprint density at radius 1 is 1.11 bits per heavy atom. The number of rotatable bonds is 3. The van der Waals surface area contributed by atoms with Gasteiger partial charge < -0.3 is 10.6 Å². The fourth-order valence-corrected chi connectivity index (χ4v) is 3.90. The number of non-ortho nitro benzene ring substituents is 1. The van der Waals surface area contributed by atoms with E-state index in [1.807, 2.05) is 37.3 Å². The van der Waals surface area contributed by atoms with Crippen molar-refractivity contribution in [1.82, 2.24) is 10.2 Å². The Morgan fingerprint density at radius 3 is 2.48 bits per heavy atom. The molecule has 2 aromatic rings. The number of fused-ring (bicyclic) bond motifs is 1. The van der Waals surface area contributed by atoms with E-state index in [4.69, 9.17) is 0 Å². The first-order valence-electron chi connectivity index (χ1n) is 9.12. The zero-order valence-corrected chi connectivity index (χ0v) is 15.2. The van der Waals surface area contributed by atoms with Crippen LogP contribution >= 0.6 is 0 Å². The third-order valence-corrected chi connectivity index (χ3v) is 5.50. The highest BCUT2D eigenvalue weighted by Gasteiger charge is 2.40. The van der Waals surface area contributed by atoms with Crippen LogP contribution in [0.15, 0.2) is 42.5 Å². The molecule has 2 aliphatic heterocycles. The number of likely N-dealkylation sites (tertiary alicyclic amines) is 1. The average molecular weight is 366 g/mol. The number of anilines is 1. The third-order valence-electron chi connectivity index (χ3n) is 5.50. The van der Waals surface area contributed by atoms with E-state index in [1.165, 1.54) is 0 Å². The number of nitro benzene ring substituents is 1. The molecule has 1 amide bonds. The number of amides is 1. The van der Waals surface area contributed by atoms with Crippen LogP contribution in [0, 0.1) is 17.0 Å². The number of para-hydroxylation sites is 1. The van der Waals surface area contributed by atoms with Crippen LogP contribution in [-0.2, 0) is 6.54 Å². The summed E-state index contributed by atoms with van der Waals surface area (Å²) in [6, 6.07) is 12.5. The highest BCUT2D eigenvalue weighted by Crippen LogP contribution is 2.33. The van der Waals surface area contributed by atoms with Crippen LogP contribution in [0.5, 0.6) is 0 Å². The van der Waals surface area contributed by atoms with Crippen molar-refractivity contribution in [3.8, 4) is 0 Å². The number of hydrogen-bond acceptors (Lipinski definition) is 5. The lowest BCUT2D eigenvalue weighted by Gasteiger charge is -2.46. The topological polar surface area (TPSA) is 87.5 Å². The molecular formula is C20H22N4O3. The minimum absolute atomic E-state index is 0.0173. The maximum absolute atomic E-state index is 12.6. The number of nitrogens with one attached hydrogen (secondary N) is 2. The average Bonchev–Trinajstić information content (AvgIpc) is 2.65. The molecule has 2 N–H and O–H groups in total. The maximum atomic E-state index is 12.6. The molecule has 7 nitrogen and oxygen atoms in total. The van der Waals surface area contributed by atoms with Crippen molar-refractivity contribution in [3.63, 3.8) is 0 Å². The molecule has 0 saturated carbocycles. The van der Waals surface area contributed by atoms with Gasteiger partial charge in [0, 0.05) is 44.6 Å². The molecule has 140 valence electrons. The Balaban J connectivity index is 1.42. The number of nitrogens with zero attached hydrogens (tertiary/aromatic N) is 2. The highest BCUT2D eigenvalue weighted by molar-refractivity contribution is 6.02. The van der Waals surface area contributed by atoms with Gasteiger partial charge in [-0.25, -0.2) is 0 Å². The predicted octanol–water partition coefficient (Wildman–Crippen LogP) is 3.05. The number of nitro groups is 1. The summed E-state index contributed by atoms with van der Waals surface area (Å²) in [5, 5.41) is 17.5. The molecule has 1 spiro atoms. The van der Waals surface area contributed by atoms with Gasteiger partial charge in [-0.15, -0.1) is 0 Å². The zero-order chi connectivity index (χ0) is 19.0. The molecule has 1 fully saturated rings. The minimum atomic E-state index is -0.401. The summed E-state index contributed by atoms with van der Waals surface area (Å²) in [7, 11) is 0. The minimum Gasteiger partial charge on any atom is -0.362 e. The summed E-state index contributed by atoms with van der Waals surface area (Å²) in [5.74, 6) is -0.0173. The Bertz CT molecular complexity index is 887. The third kappa shape index (κ3) is 3.38. The van der Waals surface area contributed by atoms with E-state index in [0.717, 1.165) is 49.3 Å². The second kappa shape index (κ2) is 6.66. The number of piperidine rings is 1. The molecule has 2 aliphatic rings. The quantitative estimate of drug-likeness (QED) is 0.644. The van der Waals surface area contributed by atoms with Crippen LogP contribution in [0.3, 0.4) is 0 Å². The first kappa shape index (κ1) is 17.5. The van der Waals surface area contributed by atoms with Gasteiger partial charge >= 0.3 is 0 Å². The standard InChI is InChI=1S/C20H22N4O3/c1-14-3-2-4-17-18(14)21-20(22-19(17)25)9-11-23(12-10-20)13-15-5-7-16(8-6-15)24(26)27/h2-8,21H,9-13H2,1H3,(H,22,25). The smallest absolute Gasteiger partial charge is 0.269 e. The second-order valence-electron chi connectivity index (χ2n) is 7.36. The summed E-state index contributed by atoms with van der Waals surface area (Å²) in [5.41, 5.74) is 3.48. The lowest BCUT2D eigenvalue weighted by atomic mass is 9.91. The summed E-state index contributed by atoms with van der Waals surface area (Å²) in [6.45, 7) is 4.44. The first-order valence-corrected chi connectivity index (χ1v) is 9.12. The molecular weight excluding hydrogens is 344 g/mol. The summed E-state index contributed by atoms with van der Waals surface area (Å²) in [4.78, 5) is 25.2. The molecule has 0 radical (unpaired) electrons. The molecule has 7 heteroatoms. The molecule has 0 unspecified atom stereocenters. The van der Waals surface area contributed by atoms with Crippen LogP contribution in [0.1, 0.15) is 34.3 Å². The Kier molecular flexibility index (Phi) is 4.31. The van der Waals surface area contributed by atoms with Crippen LogP contribution in [0.25, 0.3) is 0 Å². The Morgan fingerprint density at radius 2 is 1.81 bits per heavy atom. The van der Waals surface area contributed by atoms with Gasteiger partial charge in [0.25, 0.3) is 11.6 Å². The number of benzene rings is 2. The monoisotopic (exact) mass is 366 g/mol. The van der Waals surface area contributed by atoms with Crippen molar-refractivity contribution in [1.29, 1.82) is 0 Å². The molecule has 1 saturated heterocycles. The van der Waals surface area contributed by atoms with E-state index < -0.39 is 5.66 Å². The molecule has 2 heterocycles. The van der Waals surface area contributed by atoms with E-state index in [0.29, 0.717) is 5.56 Å². The predicted molar refractivity (Wildman–Crippen MR) is 103 cm³/mol. The van der Waals surface area contributed by atoms with Gasteiger partial charge in [0.15, 0.2) is 0 Å². The van der Waals surface area contributed by atoms with Gasteiger partial charge in [-0.2, -0.15) is 0 Å². The molecule has 0 aliphatic carbocycles. The van der Waals surface area contributed by atoms with E-state index in [1.54, 1.807) is 12.1 Å². The SMILES string of the molecule is Cc1cccc2c1NC1(CCN(Cc3ccc([N+](=O)[O-])cc3)CC1)NC2=O. The zero-order valence-electron chi connectivity index (χ0n) is 15.2. The van der Waals surface area contributed by atoms with Crippen LogP contribution in [0.4, 0.5) is 11.4 Å². The van der Waals surface area contributed by atoms with E-state index in [-0.39, 0.29) is 16.5 Å². The normalized spacial score (nSPS) is 18.5. The highest BCUT2D eigenvalue weighted by atomic mass is 16.6. The molecule has 0 aromatic heterocycles. The van der Waals surface area contributed by atoms with Gasteiger partial charge in [0.2, 0.25) is 0 Å². The Labute approximate surface area is 157 Å². The van der Waals surface area contributed by atoms with Gasteiger partial charge in [-0.3, -0.25) is 19.8 Å². The Hall–Kier alpha value is -2.93. The fourth-order valence-electron chi connectivity index (χ4n) is 3.90. The first-order chi connectivity index (χ1) is 13.0. The number of hydrogen-bond donors (Lipinski definition) is 2. The fraction of sp³-hybridized carbons (Fsp3) is 0.350. The summed E-state index contributed by atoms with van der Waals surface area (Å²) in [6.07, 6.45) is 1.61. The molecule has 27 heavy (non-hydrogen) atoms. The van der Waals surface area contributed by atoms with E-state index >= 15 is 0 Å². The van der Waals surface area contributed by atoms with Crippen molar-refractivity contribution in [2.24, 2.45) is 0 Å². The van der Waals surface area contributed by atoms with Gasteiger partial charge in [0.1, 0.15) is 5.66 Å². The van der Waals surface area contributed by atoms with E-state index in [2.05, 4.69) is 15.5 Å². The van der Waals surface area contributed by atoms with Crippen molar-refractivity contribution in [2.75, 3.05) is 18.4 Å². The van der Waals surface area contributed by atoms with Gasteiger partial charge in [-0.05, 0) is 24.1 Å². The number of carbonyl (C=O) groups is 1. The molecule has 4 rings (SSSR count). The maximum Gasteiger partial charge on any atom is 0.269 e. The van der Waals surface area contributed by atoms with Crippen molar-refractivity contribution < 1.29 is 9.72 Å². The van der Waals surface area contributed by atoms with Gasteiger partial charge in [-0.1, -0.05) is 24.3 Å². The number of carbonyl (C=O) groups excluding carboxylic acids is 1. The van der Waals surface area contributed by atoms with Crippen molar-refractivity contribution >= 4 is 17.3 Å². The largest absolute Gasteiger partial charge is 0.362 e. The molecule has 2 aromatic carbocycles. The van der Waals surface area contributed by atoms with Gasteiger partial charge in [0.05, 0.1) is 16.2 Å². The van der Waals surface area contributed by atoms with Crippen LogP contribution in [-0.4, -0.2) is 34.5 Å². The van der Waals surface area contributed by atoms with Crippen LogP contribution < -0.4 is 10.6 Å². The second-order valence-corrected chi connectivity index (χ2v) is 7.36. The van der Waals surface area contributed by atoms with Crippen molar-refractivity contribution in [2.45, 2.75) is 32.0 Å². The van der Waals surface area contributed by atoms with Crippen molar-refractivity contribution in [3.05, 3.63) is 69.3 Å².